The van der Waals surface area contributed by atoms with Crippen molar-refractivity contribution in [3.8, 4) is 11.1 Å². The summed E-state index contributed by atoms with van der Waals surface area (Å²) < 4.78 is 0. The van der Waals surface area contributed by atoms with Crippen LogP contribution < -0.4 is 0 Å². The minimum atomic E-state index is -0.933. The lowest BCUT2D eigenvalue weighted by molar-refractivity contribution is -0.141. The van der Waals surface area contributed by atoms with Crippen molar-refractivity contribution in [3.63, 3.8) is 0 Å². The van der Waals surface area contributed by atoms with Gasteiger partial charge < -0.3 is 10.0 Å². The lowest BCUT2D eigenvalue weighted by Gasteiger charge is -2.19. The van der Waals surface area contributed by atoms with Crippen molar-refractivity contribution >= 4 is 11.9 Å². The fourth-order valence-electron chi connectivity index (χ4n) is 4.01. The summed E-state index contributed by atoms with van der Waals surface area (Å²) in [7, 11) is 0. The first-order chi connectivity index (χ1) is 13.6. The Morgan fingerprint density at radius 3 is 2.36 bits per heavy atom. The van der Waals surface area contributed by atoms with E-state index in [2.05, 4.69) is 36.4 Å². The first kappa shape index (κ1) is 18.2. The topological polar surface area (TPSA) is 57.6 Å². The average molecular weight is 373 g/mol. The van der Waals surface area contributed by atoms with Gasteiger partial charge in [0.1, 0.15) is 0 Å². The Hall–Kier alpha value is -3.14. The minimum Gasteiger partial charge on any atom is -0.481 e. The molecule has 4 nitrogen and oxygen atoms in total. The van der Waals surface area contributed by atoms with Crippen LogP contribution in [0.25, 0.3) is 11.1 Å². The highest BCUT2D eigenvalue weighted by Crippen LogP contribution is 2.39. The Morgan fingerprint density at radius 1 is 0.964 bits per heavy atom. The highest BCUT2D eigenvalue weighted by molar-refractivity contribution is 5.92. The third-order valence-electron chi connectivity index (χ3n) is 5.42. The second kappa shape index (κ2) is 7.85. The normalized spacial score (nSPS) is 18.9. The molecule has 0 aromatic heterocycles. The molecule has 2 aromatic rings. The summed E-state index contributed by atoms with van der Waals surface area (Å²) in [6, 6.07) is 18.4. The van der Waals surface area contributed by atoms with Gasteiger partial charge in [0.25, 0.3) is 0 Å². The van der Waals surface area contributed by atoms with Gasteiger partial charge in [-0.05, 0) is 41.5 Å². The molecular formula is C24H23NO3. The van der Waals surface area contributed by atoms with E-state index in [9.17, 15) is 14.7 Å². The highest BCUT2D eigenvalue weighted by Gasteiger charge is 2.41. The quantitative estimate of drug-likeness (QED) is 0.820. The number of allylic oxidation sites excluding steroid dienone is 3. The summed E-state index contributed by atoms with van der Waals surface area (Å²) in [5, 5.41) is 9.25. The van der Waals surface area contributed by atoms with Gasteiger partial charge in [-0.1, -0.05) is 66.7 Å². The highest BCUT2D eigenvalue weighted by atomic mass is 16.4. The van der Waals surface area contributed by atoms with Crippen LogP contribution in [0.4, 0.5) is 0 Å². The number of carbonyl (C=O) groups is 2. The van der Waals surface area contributed by atoms with E-state index in [1.54, 1.807) is 4.90 Å². The van der Waals surface area contributed by atoms with Gasteiger partial charge in [-0.15, -0.1) is 0 Å². The number of aliphatic carboxylic acids is 1. The number of hydrogen-bond acceptors (Lipinski definition) is 2. The molecule has 1 atom stereocenters. The van der Waals surface area contributed by atoms with Crippen LogP contribution in [-0.4, -0.2) is 21.9 Å². The maximum absolute atomic E-state index is 13.0. The number of carboxylic acid groups (broad SMARTS) is 1. The van der Waals surface area contributed by atoms with E-state index in [0.717, 1.165) is 47.2 Å². The summed E-state index contributed by atoms with van der Waals surface area (Å²) in [5.74, 6) is -1.60. The number of carboxylic acids is 1. The Bertz CT molecular complexity index is 942. The molecule has 0 saturated carbocycles. The SMILES string of the molecule is O=C(O)C[C@@H]1C(=O)N(Cc2ccc(-c3ccccc3)cc2)C2=CCCCC=C21. The molecule has 2 aromatic carbocycles. The summed E-state index contributed by atoms with van der Waals surface area (Å²) in [5.41, 5.74) is 5.12. The van der Waals surface area contributed by atoms with Crippen molar-refractivity contribution in [2.45, 2.75) is 32.2 Å². The van der Waals surface area contributed by atoms with Crippen LogP contribution in [0.15, 0.2) is 78.0 Å². The molecule has 0 spiro atoms. The molecule has 4 rings (SSSR count). The zero-order valence-corrected chi connectivity index (χ0v) is 15.7. The summed E-state index contributed by atoms with van der Waals surface area (Å²) >= 11 is 0. The van der Waals surface area contributed by atoms with Crippen LogP contribution in [-0.2, 0) is 16.1 Å². The van der Waals surface area contributed by atoms with Gasteiger partial charge in [0, 0.05) is 5.70 Å². The van der Waals surface area contributed by atoms with Crippen molar-refractivity contribution < 1.29 is 14.7 Å². The molecule has 4 heteroatoms. The molecule has 1 heterocycles. The molecule has 1 fully saturated rings. The van der Waals surface area contributed by atoms with Crippen LogP contribution in [0.2, 0.25) is 0 Å². The Morgan fingerprint density at radius 2 is 1.64 bits per heavy atom. The van der Waals surface area contributed by atoms with Gasteiger partial charge in [-0.3, -0.25) is 9.59 Å². The zero-order chi connectivity index (χ0) is 19.5. The van der Waals surface area contributed by atoms with Crippen molar-refractivity contribution in [2.24, 2.45) is 5.92 Å². The summed E-state index contributed by atoms with van der Waals surface area (Å²) in [6.45, 7) is 0.465. The second-order valence-electron chi connectivity index (χ2n) is 7.32. The zero-order valence-electron chi connectivity index (χ0n) is 15.7. The van der Waals surface area contributed by atoms with Crippen LogP contribution >= 0.6 is 0 Å². The first-order valence-electron chi connectivity index (χ1n) is 9.71. The Balaban J connectivity index is 1.59. The predicted octanol–water partition coefficient (Wildman–Crippen LogP) is 4.78. The molecule has 0 radical (unpaired) electrons. The minimum absolute atomic E-state index is 0.103. The number of carbonyl (C=O) groups excluding carboxylic acids is 1. The fraction of sp³-hybridized carbons (Fsp3) is 0.250. The van der Waals surface area contributed by atoms with Crippen LogP contribution in [0.5, 0.6) is 0 Å². The molecule has 1 aliphatic carbocycles. The first-order valence-corrected chi connectivity index (χ1v) is 9.71. The molecule has 2 aliphatic rings. The molecule has 0 unspecified atom stereocenters. The molecule has 142 valence electrons. The van der Waals surface area contributed by atoms with Crippen molar-refractivity contribution in [3.05, 3.63) is 83.6 Å². The lowest BCUT2D eigenvalue weighted by atomic mass is 9.96. The predicted molar refractivity (Wildman–Crippen MR) is 108 cm³/mol. The van der Waals surface area contributed by atoms with E-state index in [-0.39, 0.29) is 12.3 Å². The molecule has 1 N–H and O–H groups in total. The van der Waals surface area contributed by atoms with Crippen LogP contribution in [0, 0.1) is 5.92 Å². The van der Waals surface area contributed by atoms with Gasteiger partial charge >= 0.3 is 5.97 Å². The number of likely N-dealkylation sites (tertiary alicyclic amines) is 1. The maximum Gasteiger partial charge on any atom is 0.304 e. The van der Waals surface area contributed by atoms with Crippen molar-refractivity contribution in [2.75, 3.05) is 0 Å². The van der Waals surface area contributed by atoms with E-state index in [1.165, 1.54) is 0 Å². The van der Waals surface area contributed by atoms with Crippen molar-refractivity contribution in [1.29, 1.82) is 0 Å². The van der Waals surface area contributed by atoms with Crippen LogP contribution in [0.1, 0.15) is 31.2 Å². The fourth-order valence-corrected chi connectivity index (χ4v) is 4.01. The summed E-state index contributed by atoms with van der Waals surface area (Å²) in [4.78, 5) is 26.0. The molecule has 1 amide bonds. The Labute approximate surface area is 164 Å². The Kier molecular flexibility index (Phi) is 5.11. The largest absolute Gasteiger partial charge is 0.481 e. The van der Waals surface area contributed by atoms with Crippen molar-refractivity contribution in [1.82, 2.24) is 4.90 Å². The molecule has 0 bridgehead atoms. The standard InChI is InChI=1S/C24H23NO3/c26-23(27)15-21-20-9-5-2-6-10-22(20)25(24(21)28)16-17-11-13-19(14-12-17)18-7-3-1-4-8-18/h1,3-4,7-14,21H,2,5-6,15-16H2,(H,26,27)/t21-/m0/s1. The van der Waals surface area contributed by atoms with Gasteiger partial charge in [-0.2, -0.15) is 0 Å². The van der Waals surface area contributed by atoms with E-state index in [0.29, 0.717) is 6.54 Å². The molecular weight excluding hydrogens is 350 g/mol. The van der Waals surface area contributed by atoms with E-state index in [1.807, 2.05) is 30.3 Å². The molecule has 1 aliphatic heterocycles. The number of benzene rings is 2. The van der Waals surface area contributed by atoms with E-state index in [4.69, 9.17) is 0 Å². The van der Waals surface area contributed by atoms with Gasteiger partial charge in [-0.25, -0.2) is 0 Å². The number of fused-ring (bicyclic) bond motifs is 1. The number of amides is 1. The molecule has 28 heavy (non-hydrogen) atoms. The number of rotatable bonds is 5. The average Bonchev–Trinajstić information content (AvgIpc) is 2.87. The lowest BCUT2D eigenvalue weighted by Crippen LogP contribution is -2.27. The summed E-state index contributed by atoms with van der Waals surface area (Å²) in [6.07, 6.45) is 6.83. The number of nitrogens with zero attached hydrogens (tertiary/aromatic N) is 1. The molecule has 1 saturated heterocycles. The third kappa shape index (κ3) is 3.63. The second-order valence-corrected chi connectivity index (χ2v) is 7.32. The number of hydrogen-bond donors (Lipinski definition) is 1. The monoisotopic (exact) mass is 373 g/mol. The van der Waals surface area contributed by atoms with E-state index >= 15 is 0 Å². The smallest absolute Gasteiger partial charge is 0.304 e. The van der Waals surface area contributed by atoms with Gasteiger partial charge in [0.15, 0.2) is 0 Å². The van der Waals surface area contributed by atoms with E-state index < -0.39 is 11.9 Å². The third-order valence-corrected chi connectivity index (χ3v) is 5.42. The van der Waals surface area contributed by atoms with Crippen LogP contribution in [0.3, 0.4) is 0 Å². The maximum atomic E-state index is 13.0. The van der Waals surface area contributed by atoms with Gasteiger partial charge in [0.05, 0.1) is 18.9 Å². The van der Waals surface area contributed by atoms with Gasteiger partial charge in [0.2, 0.25) is 5.91 Å².